The summed E-state index contributed by atoms with van der Waals surface area (Å²) in [5.41, 5.74) is 8.88. The summed E-state index contributed by atoms with van der Waals surface area (Å²) in [4.78, 5) is 0. The van der Waals surface area contributed by atoms with Gasteiger partial charge in [-0.15, -0.1) is 0 Å². The van der Waals surface area contributed by atoms with E-state index in [1.165, 1.54) is 5.56 Å². The highest BCUT2D eigenvalue weighted by atomic mass is 32.1. The molecule has 0 aliphatic carbocycles. The summed E-state index contributed by atoms with van der Waals surface area (Å²) in [6.45, 7) is 0.831. The second-order valence-corrected chi connectivity index (χ2v) is 3.85. The largest absolute Gasteiger partial charge is 0.397 e. The van der Waals surface area contributed by atoms with Crippen molar-refractivity contribution in [2.24, 2.45) is 0 Å². The van der Waals surface area contributed by atoms with Gasteiger partial charge >= 0.3 is 0 Å². The molecule has 1 aromatic heterocycles. The predicted molar refractivity (Wildman–Crippen MR) is 62.5 cm³/mol. The molecule has 0 saturated heterocycles. The number of nitrogens with two attached hydrogens (primary N) is 1. The maximum absolute atomic E-state index is 5.80. The summed E-state index contributed by atoms with van der Waals surface area (Å²) in [6.07, 6.45) is 0. The molecule has 2 aromatic rings. The van der Waals surface area contributed by atoms with Gasteiger partial charge in [-0.05, 0) is 34.5 Å². The molecular formula is C11H12N2S. The van der Waals surface area contributed by atoms with Gasteiger partial charge in [-0.1, -0.05) is 12.1 Å². The first-order valence-electron chi connectivity index (χ1n) is 4.46. The van der Waals surface area contributed by atoms with E-state index in [0.717, 1.165) is 17.9 Å². The fourth-order valence-electron chi connectivity index (χ4n) is 1.25. The Labute approximate surface area is 87.4 Å². The molecule has 1 heterocycles. The van der Waals surface area contributed by atoms with Crippen LogP contribution in [0.25, 0.3) is 0 Å². The Hall–Kier alpha value is -1.48. The zero-order valence-corrected chi connectivity index (χ0v) is 8.55. The quantitative estimate of drug-likeness (QED) is 0.754. The molecule has 0 atom stereocenters. The molecule has 0 bridgehead atoms. The van der Waals surface area contributed by atoms with Crippen molar-refractivity contribution in [3.8, 4) is 0 Å². The number of para-hydroxylation sites is 2. The lowest BCUT2D eigenvalue weighted by Gasteiger charge is -2.07. The van der Waals surface area contributed by atoms with Gasteiger partial charge in [0.25, 0.3) is 0 Å². The van der Waals surface area contributed by atoms with E-state index >= 15 is 0 Å². The zero-order valence-electron chi connectivity index (χ0n) is 7.73. The minimum atomic E-state index is 0.794. The average molecular weight is 204 g/mol. The van der Waals surface area contributed by atoms with Crippen molar-refractivity contribution in [2.75, 3.05) is 11.1 Å². The van der Waals surface area contributed by atoms with Gasteiger partial charge in [-0.2, -0.15) is 11.3 Å². The van der Waals surface area contributed by atoms with Crippen molar-refractivity contribution >= 4 is 22.7 Å². The standard InChI is InChI=1S/C11H12N2S/c12-10-3-1-2-4-11(10)13-7-9-5-6-14-8-9/h1-6,8,13H,7,12H2. The highest BCUT2D eigenvalue weighted by Gasteiger charge is 1.96. The third-order valence-corrected chi connectivity index (χ3v) is 2.76. The van der Waals surface area contributed by atoms with Crippen LogP contribution in [0, 0.1) is 0 Å². The number of nitrogens with one attached hydrogen (secondary N) is 1. The molecule has 0 unspecified atom stereocenters. The van der Waals surface area contributed by atoms with Crippen molar-refractivity contribution in [3.05, 3.63) is 46.7 Å². The first-order chi connectivity index (χ1) is 6.86. The van der Waals surface area contributed by atoms with Crippen LogP contribution in [0.3, 0.4) is 0 Å². The molecule has 0 spiro atoms. The second-order valence-electron chi connectivity index (χ2n) is 3.07. The summed E-state index contributed by atoms with van der Waals surface area (Å²) in [7, 11) is 0. The van der Waals surface area contributed by atoms with E-state index in [1.54, 1.807) is 11.3 Å². The monoisotopic (exact) mass is 204 g/mol. The van der Waals surface area contributed by atoms with Crippen LogP contribution in [0.1, 0.15) is 5.56 Å². The van der Waals surface area contributed by atoms with Crippen LogP contribution in [-0.4, -0.2) is 0 Å². The Morgan fingerprint density at radius 3 is 2.79 bits per heavy atom. The second kappa shape index (κ2) is 4.15. The average Bonchev–Trinajstić information content (AvgIpc) is 2.69. The summed E-state index contributed by atoms with van der Waals surface area (Å²) in [6, 6.07) is 9.91. The topological polar surface area (TPSA) is 38.0 Å². The summed E-state index contributed by atoms with van der Waals surface area (Å²) >= 11 is 1.71. The molecule has 0 radical (unpaired) electrons. The summed E-state index contributed by atoms with van der Waals surface area (Å²) < 4.78 is 0. The summed E-state index contributed by atoms with van der Waals surface area (Å²) in [5.74, 6) is 0. The molecule has 0 aliphatic rings. The molecule has 2 nitrogen and oxygen atoms in total. The molecule has 72 valence electrons. The van der Waals surface area contributed by atoms with Crippen molar-refractivity contribution in [1.29, 1.82) is 0 Å². The molecule has 1 aromatic carbocycles. The van der Waals surface area contributed by atoms with Crippen LogP contribution in [-0.2, 0) is 6.54 Å². The fraction of sp³-hybridized carbons (Fsp3) is 0.0909. The van der Waals surface area contributed by atoms with Gasteiger partial charge in [0.1, 0.15) is 0 Å². The number of hydrogen-bond donors (Lipinski definition) is 2. The number of hydrogen-bond acceptors (Lipinski definition) is 3. The molecule has 0 fully saturated rings. The normalized spacial score (nSPS) is 10.0. The first kappa shape index (κ1) is 9.09. The Kier molecular flexibility index (Phi) is 2.70. The molecule has 3 N–H and O–H groups in total. The maximum atomic E-state index is 5.80. The van der Waals surface area contributed by atoms with E-state index in [0.29, 0.717) is 0 Å². The molecular weight excluding hydrogens is 192 g/mol. The Morgan fingerprint density at radius 2 is 2.07 bits per heavy atom. The van der Waals surface area contributed by atoms with E-state index in [1.807, 2.05) is 24.3 Å². The van der Waals surface area contributed by atoms with Gasteiger partial charge in [-0.25, -0.2) is 0 Å². The lowest BCUT2D eigenvalue weighted by atomic mass is 10.2. The van der Waals surface area contributed by atoms with E-state index in [9.17, 15) is 0 Å². The molecule has 14 heavy (non-hydrogen) atoms. The SMILES string of the molecule is Nc1ccccc1NCc1ccsc1. The molecule has 0 amide bonds. The number of benzene rings is 1. The van der Waals surface area contributed by atoms with Crippen LogP contribution in [0.15, 0.2) is 41.1 Å². The van der Waals surface area contributed by atoms with Crippen molar-refractivity contribution < 1.29 is 0 Å². The molecule has 3 heteroatoms. The molecule has 2 rings (SSSR count). The zero-order chi connectivity index (χ0) is 9.80. The van der Waals surface area contributed by atoms with Crippen LogP contribution in [0.5, 0.6) is 0 Å². The van der Waals surface area contributed by atoms with Gasteiger partial charge in [0, 0.05) is 6.54 Å². The third-order valence-electron chi connectivity index (χ3n) is 2.02. The number of thiophene rings is 1. The van der Waals surface area contributed by atoms with Crippen molar-refractivity contribution in [3.63, 3.8) is 0 Å². The Morgan fingerprint density at radius 1 is 1.21 bits per heavy atom. The predicted octanol–water partition coefficient (Wildman–Crippen LogP) is 2.94. The van der Waals surface area contributed by atoms with Crippen LogP contribution in [0.4, 0.5) is 11.4 Å². The Balaban J connectivity index is 2.02. The van der Waals surface area contributed by atoms with Crippen molar-refractivity contribution in [1.82, 2.24) is 0 Å². The Bertz CT molecular complexity index is 395. The highest BCUT2D eigenvalue weighted by molar-refractivity contribution is 7.07. The third kappa shape index (κ3) is 2.06. The van der Waals surface area contributed by atoms with E-state index in [-0.39, 0.29) is 0 Å². The van der Waals surface area contributed by atoms with Crippen LogP contribution in [0.2, 0.25) is 0 Å². The number of rotatable bonds is 3. The van der Waals surface area contributed by atoms with E-state index < -0.39 is 0 Å². The number of anilines is 2. The highest BCUT2D eigenvalue weighted by Crippen LogP contribution is 2.18. The van der Waals surface area contributed by atoms with Crippen LogP contribution >= 0.6 is 11.3 Å². The smallest absolute Gasteiger partial charge is 0.0576 e. The summed E-state index contributed by atoms with van der Waals surface area (Å²) in [5, 5.41) is 7.50. The fourth-order valence-corrected chi connectivity index (χ4v) is 1.92. The molecule has 0 aliphatic heterocycles. The van der Waals surface area contributed by atoms with Crippen LogP contribution < -0.4 is 11.1 Å². The lowest BCUT2D eigenvalue weighted by Crippen LogP contribution is -2.00. The maximum Gasteiger partial charge on any atom is 0.0576 e. The van der Waals surface area contributed by atoms with Gasteiger partial charge in [0.05, 0.1) is 11.4 Å². The van der Waals surface area contributed by atoms with Gasteiger partial charge in [0.15, 0.2) is 0 Å². The lowest BCUT2D eigenvalue weighted by molar-refractivity contribution is 1.17. The van der Waals surface area contributed by atoms with Gasteiger partial charge < -0.3 is 11.1 Å². The van der Waals surface area contributed by atoms with Gasteiger partial charge in [0.2, 0.25) is 0 Å². The van der Waals surface area contributed by atoms with E-state index in [2.05, 4.69) is 22.1 Å². The van der Waals surface area contributed by atoms with E-state index in [4.69, 9.17) is 5.73 Å². The minimum absolute atomic E-state index is 0.794. The number of nitrogen functional groups attached to an aromatic ring is 1. The molecule has 0 saturated carbocycles. The first-order valence-corrected chi connectivity index (χ1v) is 5.40. The van der Waals surface area contributed by atoms with Gasteiger partial charge in [-0.3, -0.25) is 0 Å². The minimum Gasteiger partial charge on any atom is -0.397 e. The van der Waals surface area contributed by atoms with Crippen molar-refractivity contribution in [2.45, 2.75) is 6.54 Å².